The Labute approximate surface area is 172 Å². The molecule has 5 heteroatoms. The molecule has 0 aliphatic carbocycles. The number of piperidine rings is 1. The molecule has 0 bridgehead atoms. The number of hydrogen-bond donors (Lipinski definition) is 1. The number of likely N-dealkylation sites (tertiary alicyclic amines) is 1. The molecule has 1 fully saturated rings. The molecule has 1 N–H and O–H groups in total. The van der Waals surface area contributed by atoms with E-state index in [1.54, 1.807) is 19.2 Å². The van der Waals surface area contributed by atoms with E-state index in [1.807, 2.05) is 42.2 Å². The quantitative estimate of drug-likeness (QED) is 0.796. The third-order valence-corrected chi connectivity index (χ3v) is 5.93. The molecular weight excluding hydrogens is 367 g/mol. The van der Waals surface area contributed by atoms with Crippen LogP contribution in [0.3, 0.4) is 0 Å². The maximum absolute atomic E-state index is 14.0. The summed E-state index contributed by atoms with van der Waals surface area (Å²) in [6, 6.07) is 14.5. The molecule has 0 saturated carbocycles. The zero-order valence-corrected chi connectivity index (χ0v) is 17.2. The highest BCUT2D eigenvalue weighted by Gasteiger charge is 2.41. The lowest BCUT2D eigenvalue weighted by atomic mass is 9.72. The fraction of sp³-hybridized carbons (Fsp3) is 0.417. The highest BCUT2D eigenvalue weighted by Crippen LogP contribution is 2.36. The predicted octanol–water partition coefficient (Wildman–Crippen LogP) is 4.19. The van der Waals surface area contributed by atoms with E-state index >= 15 is 0 Å². The topological polar surface area (TPSA) is 49.4 Å². The molecule has 2 amide bonds. The summed E-state index contributed by atoms with van der Waals surface area (Å²) in [5.74, 6) is -0.0447. The van der Waals surface area contributed by atoms with Crippen LogP contribution in [0.5, 0.6) is 0 Å². The molecule has 0 unspecified atom stereocenters. The summed E-state index contributed by atoms with van der Waals surface area (Å²) >= 11 is 0. The molecule has 0 spiro atoms. The van der Waals surface area contributed by atoms with Gasteiger partial charge in [0, 0.05) is 32.1 Å². The molecule has 0 atom stereocenters. The summed E-state index contributed by atoms with van der Waals surface area (Å²) in [6.07, 6.45) is 3.31. The molecule has 3 rings (SSSR count). The third kappa shape index (κ3) is 4.66. The third-order valence-electron chi connectivity index (χ3n) is 5.93. The van der Waals surface area contributed by atoms with Crippen LogP contribution < -0.4 is 5.32 Å². The maximum Gasteiger partial charge on any atom is 0.226 e. The number of nitrogens with one attached hydrogen (secondary N) is 1. The van der Waals surface area contributed by atoms with E-state index in [1.165, 1.54) is 6.07 Å². The summed E-state index contributed by atoms with van der Waals surface area (Å²) in [4.78, 5) is 26.8. The Morgan fingerprint density at radius 1 is 1.07 bits per heavy atom. The van der Waals surface area contributed by atoms with E-state index in [-0.39, 0.29) is 17.6 Å². The van der Waals surface area contributed by atoms with E-state index < -0.39 is 5.41 Å². The molecule has 2 aromatic rings. The Hall–Kier alpha value is -2.69. The predicted molar refractivity (Wildman–Crippen MR) is 113 cm³/mol. The largest absolute Gasteiger partial charge is 0.359 e. The Morgan fingerprint density at radius 3 is 2.31 bits per heavy atom. The lowest BCUT2D eigenvalue weighted by Crippen LogP contribution is -2.50. The van der Waals surface area contributed by atoms with Gasteiger partial charge in [0.1, 0.15) is 5.82 Å². The first-order valence-corrected chi connectivity index (χ1v) is 10.3. The molecule has 1 aliphatic rings. The highest BCUT2D eigenvalue weighted by atomic mass is 19.1. The molecule has 0 radical (unpaired) electrons. The summed E-state index contributed by atoms with van der Waals surface area (Å²) in [5, 5.41) is 2.82. The monoisotopic (exact) mass is 396 g/mol. The van der Waals surface area contributed by atoms with Crippen LogP contribution in [0.25, 0.3) is 11.1 Å². The fourth-order valence-electron chi connectivity index (χ4n) is 4.19. The smallest absolute Gasteiger partial charge is 0.226 e. The number of hydrogen-bond acceptors (Lipinski definition) is 2. The number of nitrogens with zero attached hydrogens (tertiary/aromatic N) is 1. The Morgan fingerprint density at radius 2 is 1.72 bits per heavy atom. The lowest BCUT2D eigenvalue weighted by molar-refractivity contribution is -0.140. The van der Waals surface area contributed by atoms with Crippen LogP contribution in [-0.4, -0.2) is 36.9 Å². The average Bonchev–Trinajstić information content (AvgIpc) is 2.75. The van der Waals surface area contributed by atoms with Crippen molar-refractivity contribution in [3.63, 3.8) is 0 Å². The number of halogens is 1. The van der Waals surface area contributed by atoms with Gasteiger partial charge in [0.05, 0.1) is 5.41 Å². The lowest BCUT2D eigenvalue weighted by Gasteiger charge is -2.40. The van der Waals surface area contributed by atoms with Gasteiger partial charge in [0.2, 0.25) is 11.8 Å². The van der Waals surface area contributed by atoms with Crippen molar-refractivity contribution in [3.05, 3.63) is 59.9 Å². The Bertz CT molecular complexity index is 855. The van der Waals surface area contributed by atoms with Crippen LogP contribution >= 0.6 is 0 Å². The van der Waals surface area contributed by atoms with Gasteiger partial charge in [0.25, 0.3) is 0 Å². The number of carbonyl (C=O) groups is 2. The normalized spacial score (nSPS) is 15.8. The molecule has 29 heavy (non-hydrogen) atoms. The first-order chi connectivity index (χ1) is 14.0. The highest BCUT2D eigenvalue weighted by molar-refractivity contribution is 5.83. The minimum absolute atomic E-state index is 0.0262. The molecule has 1 heterocycles. The number of benzene rings is 2. The van der Waals surface area contributed by atoms with Gasteiger partial charge in [-0.1, -0.05) is 49.4 Å². The molecule has 4 nitrogen and oxygen atoms in total. The minimum Gasteiger partial charge on any atom is -0.359 e. The second kappa shape index (κ2) is 9.21. The van der Waals surface area contributed by atoms with Gasteiger partial charge in [0.15, 0.2) is 0 Å². The van der Waals surface area contributed by atoms with Crippen molar-refractivity contribution in [3.8, 4) is 11.1 Å². The van der Waals surface area contributed by atoms with Crippen molar-refractivity contribution in [2.45, 2.75) is 39.0 Å². The first kappa shape index (κ1) is 21.0. The van der Waals surface area contributed by atoms with E-state index in [9.17, 15) is 14.0 Å². The van der Waals surface area contributed by atoms with Crippen LogP contribution in [0.1, 0.15) is 38.2 Å². The SMILES string of the molecule is CCCC(=O)N1CCC(Cc2ccc(-c3ccccc3F)cc2)(C(=O)NC)CC1. The van der Waals surface area contributed by atoms with E-state index in [0.717, 1.165) is 17.5 Å². The van der Waals surface area contributed by atoms with Crippen molar-refractivity contribution < 1.29 is 14.0 Å². The van der Waals surface area contributed by atoms with Gasteiger partial charge in [-0.15, -0.1) is 0 Å². The second-order valence-corrected chi connectivity index (χ2v) is 7.84. The van der Waals surface area contributed by atoms with E-state index in [2.05, 4.69) is 5.32 Å². The van der Waals surface area contributed by atoms with E-state index in [0.29, 0.717) is 44.3 Å². The van der Waals surface area contributed by atoms with Crippen LogP contribution in [0.4, 0.5) is 4.39 Å². The molecule has 0 aromatic heterocycles. The average molecular weight is 397 g/mol. The molecule has 2 aromatic carbocycles. The molecule has 1 aliphatic heterocycles. The van der Waals surface area contributed by atoms with Crippen molar-refractivity contribution in [2.24, 2.45) is 5.41 Å². The summed E-state index contributed by atoms with van der Waals surface area (Å²) in [5.41, 5.74) is 1.92. The molecule has 154 valence electrons. The van der Waals surface area contributed by atoms with E-state index in [4.69, 9.17) is 0 Å². The van der Waals surface area contributed by atoms with Crippen LogP contribution in [0.15, 0.2) is 48.5 Å². The number of rotatable bonds is 6. The number of carbonyl (C=O) groups excluding carboxylic acids is 2. The van der Waals surface area contributed by atoms with Crippen LogP contribution in [0, 0.1) is 11.2 Å². The van der Waals surface area contributed by atoms with Gasteiger partial charge >= 0.3 is 0 Å². The molecular formula is C24H29FN2O2. The summed E-state index contributed by atoms with van der Waals surface area (Å²) in [6.45, 7) is 3.22. The van der Waals surface area contributed by atoms with Crippen molar-refractivity contribution in [1.29, 1.82) is 0 Å². The maximum atomic E-state index is 14.0. The summed E-state index contributed by atoms with van der Waals surface area (Å²) in [7, 11) is 1.67. The Kier molecular flexibility index (Phi) is 6.68. The zero-order chi connectivity index (χ0) is 20.9. The van der Waals surface area contributed by atoms with Crippen LogP contribution in [-0.2, 0) is 16.0 Å². The van der Waals surface area contributed by atoms with Crippen molar-refractivity contribution in [2.75, 3.05) is 20.1 Å². The van der Waals surface area contributed by atoms with Gasteiger partial charge in [-0.25, -0.2) is 4.39 Å². The molecule has 1 saturated heterocycles. The van der Waals surface area contributed by atoms with Crippen molar-refractivity contribution >= 4 is 11.8 Å². The van der Waals surface area contributed by atoms with Gasteiger partial charge in [-0.2, -0.15) is 0 Å². The zero-order valence-electron chi connectivity index (χ0n) is 17.2. The first-order valence-electron chi connectivity index (χ1n) is 10.3. The van der Waals surface area contributed by atoms with Crippen LogP contribution in [0.2, 0.25) is 0 Å². The van der Waals surface area contributed by atoms with Gasteiger partial charge in [-0.3, -0.25) is 9.59 Å². The summed E-state index contributed by atoms with van der Waals surface area (Å²) < 4.78 is 14.0. The minimum atomic E-state index is -0.517. The standard InChI is InChI=1S/C24H29FN2O2/c1-3-6-22(28)27-15-13-24(14-16-27,23(29)26-2)17-18-9-11-19(12-10-18)20-7-4-5-8-21(20)25/h4-5,7-12H,3,6,13-17H2,1-2H3,(H,26,29). The van der Waals surface area contributed by atoms with Crippen molar-refractivity contribution in [1.82, 2.24) is 10.2 Å². The Balaban J connectivity index is 1.75. The van der Waals surface area contributed by atoms with Gasteiger partial charge in [-0.05, 0) is 42.9 Å². The fourth-order valence-corrected chi connectivity index (χ4v) is 4.19. The van der Waals surface area contributed by atoms with Gasteiger partial charge < -0.3 is 10.2 Å². The second-order valence-electron chi connectivity index (χ2n) is 7.84. The number of amides is 2.